The predicted octanol–water partition coefficient (Wildman–Crippen LogP) is 5.22. The molecule has 2 aromatic carbocycles. The summed E-state index contributed by atoms with van der Waals surface area (Å²) in [4.78, 5) is 28.7. The second-order valence-electron chi connectivity index (χ2n) is 8.71. The van der Waals surface area contributed by atoms with E-state index in [0.29, 0.717) is 31.7 Å². The van der Waals surface area contributed by atoms with Crippen LogP contribution in [0.1, 0.15) is 48.2 Å². The van der Waals surface area contributed by atoms with Crippen LogP contribution in [-0.2, 0) is 16.0 Å². The topological polar surface area (TPSA) is 58.6 Å². The molecule has 0 radical (unpaired) electrons. The summed E-state index contributed by atoms with van der Waals surface area (Å²) in [5.41, 5.74) is 2.41. The SMILES string of the molecule is CCCc1ccc(C(NC(=O)C2CCN(C(=O)COc3ccccc3)CC2)c2cccs2)cc1. The van der Waals surface area contributed by atoms with Crippen molar-refractivity contribution in [2.24, 2.45) is 5.92 Å². The fourth-order valence-electron chi connectivity index (χ4n) is 4.34. The van der Waals surface area contributed by atoms with Crippen LogP contribution in [0, 0.1) is 5.92 Å². The summed E-state index contributed by atoms with van der Waals surface area (Å²) >= 11 is 1.66. The molecular weight excluding hydrogens is 444 g/mol. The van der Waals surface area contributed by atoms with Crippen LogP contribution in [0.15, 0.2) is 72.1 Å². The Kier molecular flexibility index (Phi) is 8.36. The second kappa shape index (κ2) is 11.8. The van der Waals surface area contributed by atoms with Crippen LogP contribution in [0.5, 0.6) is 5.75 Å². The van der Waals surface area contributed by atoms with Crippen LogP contribution in [0.25, 0.3) is 0 Å². The van der Waals surface area contributed by atoms with Crippen LogP contribution >= 0.6 is 11.3 Å². The first-order valence-corrected chi connectivity index (χ1v) is 12.9. The molecule has 2 amide bonds. The molecular formula is C28H32N2O3S. The molecule has 3 aromatic rings. The van der Waals surface area contributed by atoms with Crippen molar-refractivity contribution in [3.8, 4) is 5.75 Å². The van der Waals surface area contributed by atoms with Gasteiger partial charge in [0.05, 0.1) is 6.04 Å². The van der Waals surface area contributed by atoms with Crippen molar-refractivity contribution in [3.05, 3.63) is 88.1 Å². The molecule has 6 heteroatoms. The maximum Gasteiger partial charge on any atom is 0.260 e. The molecule has 0 aliphatic carbocycles. The highest BCUT2D eigenvalue weighted by molar-refractivity contribution is 7.10. The minimum Gasteiger partial charge on any atom is -0.484 e. The van der Waals surface area contributed by atoms with Gasteiger partial charge < -0.3 is 15.0 Å². The van der Waals surface area contributed by atoms with Crippen LogP contribution < -0.4 is 10.1 Å². The molecule has 1 aliphatic rings. The predicted molar refractivity (Wildman–Crippen MR) is 136 cm³/mol. The average Bonchev–Trinajstić information content (AvgIpc) is 3.42. The number of carbonyl (C=O) groups excluding carboxylic acids is 2. The Balaban J connectivity index is 1.32. The van der Waals surface area contributed by atoms with E-state index in [4.69, 9.17) is 4.74 Å². The number of benzene rings is 2. The number of ether oxygens (including phenoxy) is 1. The lowest BCUT2D eigenvalue weighted by Crippen LogP contribution is -2.45. The molecule has 1 atom stereocenters. The summed E-state index contributed by atoms with van der Waals surface area (Å²) in [6.07, 6.45) is 3.50. The van der Waals surface area contributed by atoms with Gasteiger partial charge in [0.2, 0.25) is 5.91 Å². The average molecular weight is 477 g/mol. The number of aryl methyl sites for hydroxylation is 1. The van der Waals surface area contributed by atoms with E-state index in [0.717, 1.165) is 23.3 Å². The number of hydrogen-bond donors (Lipinski definition) is 1. The lowest BCUT2D eigenvalue weighted by atomic mass is 9.94. The van der Waals surface area contributed by atoms with Gasteiger partial charge in [0.15, 0.2) is 6.61 Å². The number of thiophene rings is 1. The fraction of sp³-hybridized carbons (Fsp3) is 0.357. The summed E-state index contributed by atoms with van der Waals surface area (Å²) in [7, 11) is 0. The molecule has 34 heavy (non-hydrogen) atoms. The van der Waals surface area contributed by atoms with Gasteiger partial charge in [-0.3, -0.25) is 9.59 Å². The monoisotopic (exact) mass is 476 g/mol. The van der Waals surface area contributed by atoms with Crippen molar-refractivity contribution in [1.82, 2.24) is 10.2 Å². The maximum atomic E-state index is 13.2. The number of nitrogens with zero attached hydrogens (tertiary/aromatic N) is 1. The Morgan fingerprint density at radius 1 is 1.03 bits per heavy atom. The van der Waals surface area contributed by atoms with Gasteiger partial charge in [-0.05, 0) is 54.0 Å². The summed E-state index contributed by atoms with van der Waals surface area (Å²) in [5.74, 6) is 0.614. The van der Waals surface area contributed by atoms with E-state index in [-0.39, 0.29) is 30.4 Å². The summed E-state index contributed by atoms with van der Waals surface area (Å²) in [6, 6.07) is 21.9. The van der Waals surface area contributed by atoms with Crippen LogP contribution in [-0.4, -0.2) is 36.4 Å². The molecule has 1 aliphatic heterocycles. The van der Waals surface area contributed by atoms with Gasteiger partial charge in [0.1, 0.15) is 5.75 Å². The minimum atomic E-state index is -0.151. The summed E-state index contributed by atoms with van der Waals surface area (Å²) in [5, 5.41) is 5.33. The Hall–Kier alpha value is -3.12. The largest absolute Gasteiger partial charge is 0.484 e. The number of piperidine rings is 1. The zero-order valence-electron chi connectivity index (χ0n) is 19.6. The fourth-order valence-corrected chi connectivity index (χ4v) is 5.15. The lowest BCUT2D eigenvalue weighted by Gasteiger charge is -2.32. The number of likely N-dealkylation sites (tertiary alicyclic amines) is 1. The van der Waals surface area contributed by atoms with E-state index < -0.39 is 0 Å². The smallest absolute Gasteiger partial charge is 0.260 e. The van der Waals surface area contributed by atoms with E-state index >= 15 is 0 Å². The van der Waals surface area contributed by atoms with Crippen molar-refractivity contribution in [3.63, 3.8) is 0 Å². The van der Waals surface area contributed by atoms with E-state index in [1.165, 1.54) is 5.56 Å². The number of hydrogen-bond acceptors (Lipinski definition) is 4. The molecule has 1 saturated heterocycles. The third-order valence-corrected chi connectivity index (χ3v) is 7.23. The zero-order chi connectivity index (χ0) is 23.8. The quantitative estimate of drug-likeness (QED) is 0.460. The lowest BCUT2D eigenvalue weighted by molar-refractivity contribution is -0.137. The van der Waals surface area contributed by atoms with Crippen molar-refractivity contribution >= 4 is 23.2 Å². The number of para-hydroxylation sites is 1. The number of amides is 2. The Morgan fingerprint density at radius 2 is 1.76 bits per heavy atom. The third kappa shape index (κ3) is 6.26. The molecule has 0 bridgehead atoms. The molecule has 2 heterocycles. The van der Waals surface area contributed by atoms with Crippen LogP contribution in [0.3, 0.4) is 0 Å². The Labute approximate surface area is 205 Å². The van der Waals surface area contributed by atoms with Gasteiger partial charge in [-0.15, -0.1) is 11.3 Å². The molecule has 4 rings (SSSR count). The molecule has 178 valence electrons. The normalized spacial score (nSPS) is 15.0. The van der Waals surface area contributed by atoms with Crippen molar-refractivity contribution in [2.45, 2.75) is 38.6 Å². The molecule has 1 unspecified atom stereocenters. The third-order valence-electron chi connectivity index (χ3n) is 6.29. The summed E-state index contributed by atoms with van der Waals surface area (Å²) in [6.45, 7) is 3.35. The number of rotatable bonds is 9. The Morgan fingerprint density at radius 3 is 2.41 bits per heavy atom. The van der Waals surface area contributed by atoms with Crippen molar-refractivity contribution < 1.29 is 14.3 Å². The first kappa shape index (κ1) is 24.0. The molecule has 1 aromatic heterocycles. The van der Waals surface area contributed by atoms with Gasteiger partial charge in [-0.1, -0.05) is 61.9 Å². The zero-order valence-corrected chi connectivity index (χ0v) is 20.4. The summed E-state index contributed by atoms with van der Waals surface area (Å²) < 4.78 is 5.59. The van der Waals surface area contributed by atoms with Crippen molar-refractivity contribution in [1.29, 1.82) is 0 Å². The standard InChI is InChI=1S/C28H32N2O3S/c1-2-7-21-11-13-22(14-12-21)27(25-10-6-19-34-25)29-28(32)23-15-17-30(18-16-23)26(31)20-33-24-8-4-3-5-9-24/h3-6,8-14,19,23,27H,2,7,15-18,20H2,1H3,(H,29,32). The first-order chi connectivity index (χ1) is 16.6. The highest BCUT2D eigenvalue weighted by Gasteiger charge is 2.29. The molecule has 5 nitrogen and oxygen atoms in total. The van der Waals surface area contributed by atoms with Crippen LogP contribution in [0.4, 0.5) is 0 Å². The Bertz CT molecular complexity index is 1040. The van der Waals surface area contributed by atoms with E-state index in [1.54, 1.807) is 16.2 Å². The number of nitrogens with one attached hydrogen (secondary N) is 1. The van der Waals surface area contributed by atoms with Crippen molar-refractivity contribution in [2.75, 3.05) is 19.7 Å². The second-order valence-corrected chi connectivity index (χ2v) is 9.68. The minimum absolute atomic E-state index is 0.0232. The van der Waals surface area contributed by atoms with Gasteiger partial charge in [-0.2, -0.15) is 0 Å². The van der Waals surface area contributed by atoms with Gasteiger partial charge in [-0.25, -0.2) is 0 Å². The number of carbonyl (C=O) groups is 2. The van der Waals surface area contributed by atoms with Gasteiger partial charge >= 0.3 is 0 Å². The van der Waals surface area contributed by atoms with Crippen LogP contribution in [0.2, 0.25) is 0 Å². The van der Waals surface area contributed by atoms with E-state index in [1.807, 2.05) is 41.8 Å². The van der Waals surface area contributed by atoms with Gasteiger partial charge in [0, 0.05) is 23.9 Å². The maximum absolute atomic E-state index is 13.2. The molecule has 0 spiro atoms. The van der Waals surface area contributed by atoms with E-state index in [2.05, 4.69) is 42.6 Å². The van der Waals surface area contributed by atoms with Gasteiger partial charge in [0.25, 0.3) is 5.91 Å². The highest BCUT2D eigenvalue weighted by atomic mass is 32.1. The first-order valence-electron chi connectivity index (χ1n) is 12.0. The molecule has 0 saturated carbocycles. The molecule has 1 N–H and O–H groups in total. The highest BCUT2D eigenvalue weighted by Crippen LogP contribution is 2.28. The molecule has 1 fully saturated rings. The van der Waals surface area contributed by atoms with E-state index in [9.17, 15) is 9.59 Å².